The standard InChI is InChI=1S/C18H22N4O4/c1-10(3-2-8-19)20-11-4-5-12-13(9-11)18(26)22(17(12)25)14-6-7-15(23)21-16(14)24/h4-5,9-10,14,20H,2-3,6-8,19H2,1H3,(H,21,23,24). The van der Waals surface area contributed by atoms with Crippen LogP contribution in [0.5, 0.6) is 0 Å². The molecule has 1 aromatic carbocycles. The number of nitrogens with two attached hydrogens (primary N) is 1. The first-order chi connectivity index (χ1) is 12.4. The van der Waals surface area contributed by atoms with E-state index in [-0.39, 0.29) is 35.9 Å². The smallest absolute Gasteiger partial charge is 0.262 e. The van der Waals surface area contributed by atoms with Crippen LogP contribution in [0.4, 0.5) is 5.69 Å². The summed E-state index contributed by atoms with van der Waals surface area (Å²) in [5.41, 5.74) is 6.80. The Bertz CT molecular complexity index is 776. The molecular weight excluding hydrogens is 336 g/mol. The number of carbonyl (C=O) groups excluding carboxylic acids is 4. The predicted molar refractivity (Wildman–Crippen MR) is 94.5 cm³/mol. The fraction of sp³-hybridized carbons (Fsp3) is 0.444. The SMILES string of the molecule is CC(CCCN)Nc1ccc2c(c1)C(=O)N(C1CCC(=O)NC1=O)C2=O. The second-order valence-corrected chi connectivity index (χ2v) is 6.68. The highest BCUT2D eigenvalue weighted by atomic mass is 16.2. The van der Waals surface area contributed by atoms with E-state index in [0.717, 1.165) is 23.4 Å². The Kier molecular flexibility index (Phi) is 5.03. The molecule has 0 radical (unpaired) electrons. The van der Waals surface area contributed by atoms with Crippen LogP contribution >= 0.6 is 0 Å². The lowest BCUT2D eigenvalue weighted by molar-refractivity contribution is -0.136. The highest BCUT2D eigenvalue weighted by Crippen LogP contribution is 2.29. The zero-order valence-corrected chi connectivity index (χ0v) is 14.6. The number of nitrogens with one attached hydrogen (secondary N) is 2. The summed E-state index contributed by atoms with van der Waals surface area (Å²) in [6, 6.07) is 4.21. The second-order valence-electron chi connectivity index (χ2n) is 6.68. The largest absolute Gasteiger partial charge is 0.383 e. The third-order valence-corrected chi connectivity index (χ3v) is 4.69. The molecule has 4 amide bonds. The van der Waals surface area contributed by atoms with E-state index < -0.39 is 23.8 Å². The summed E-state index contributed by atoms with van der Waals surface area (Å²) in [5.74, 6) is -2.00. The van der Waals surface area contributed by atoms with E-state index >= 15 is 0 Å². The van der Waals surface area contributed by atoms with Gasteiger partial charge in [-0.1, -0.05) is 0 Å². The highest BCUT2D eigenvalue weighted by Gasteiger charge is 2.44. The lowest BCUT2D eigenvalue weighted by Gasteiger charge is -2.27. The molecule has 8 nitrogen and oxygen atoms in total. The lowest BCUT2D eigenvalue weighted by Crippen LogP contribution is -2.54. The molecule has 1 aromatic rings. The van der Waals surface area contributed by atoms with Crippen molar-refractivity contribution in [2.45, 2.75) is 44.7 Å². The predicted octanol–water partition coefficient (Wildman–Crippen LogP) is 0.627. The van der Waals surface area contributed by atoms with Crippen LogP contribution in [0.15, 0.2) is 18.2 Å². The number of rotatable bonds is 6. The zero-order chi connectivity index (χ0) is 18.8. The van der Waals surface area contributed by atoms with Crippen molar-refractivity contribution in [3.05, 3.63) is 29.3 Å². The first-order valence-corrected chi connectivity index (χ1v) is 8.74. The van der Waals surface area contributed by atoms with Gasteiger partial charge in [-0.05, 0) is 50.9 Å². The monoisotopic (exact) mass is 358 g/mol. The first kappa shape index (κ1) is 18.1. The van der Waals surface area contributed by atoms with Crippen LogP contribution in [0.2, 0.25) is 0 Å². The average Bonchev–Trinajstić information content (AvgIpc) is 2.84. The molecule has 0 bridgehead atoms. The third-order valence-electron chi connectivity index (χ3n) is 4.69. The number of amides is 4. The number of nitrogens with zero attached hydrogens (tertiary/aromatic N) is 1. The van der Waals surface area contributed by atoms with Crippen molar-refractivity contribution < 1.29 is 19.2 Å². The van der Waals surface area contributed by atoms with Crippen molar-refractivity contribution >= 4 is 29.3 Å². The molecule has 0 saturated carbocycles. The van der Waals surface area contributed by atoms with Crippen LogP contribution in [0.1, 0.15) is 53.3 Å². The van der Waals surface area contributed by atoms with Gasteiger partial charge >= 0.3 is 0 Å². The number of benzene rings is 1. The summed E-state index contributed by atoms with van der Waals surface area (Å²) in [6.45, 7) is 2.63. The van der Waals surface area contributed by atoms with Gasteiger partial charge in [0.05, 0.1) is 11.1 Å². The molecule has 1 saturated heterocycles. The van der Waals surface area contributed by atoms with Crippen molar-refractivity contribution in [2.75, 3.05) is 11.9 Å². The molecule has 2 unspecified atom stereocenters. The van der Waals surface area contributed by atoms with Crippen molar-refractivity contribution in [3.63, 3.8) is 0 Å². The molecule has 0 aromatic heterocycles. The molecule has 2 aliphatic heterocycles. The maximum Gasteiger partial charge on any atom is 0.262 e. The van der Waals surface area contributed by atoms with Crippen molar-refractivity contribution in [2.24, 2.45) is 5.73 Å². The van der Waals surface area contributed by atoms with E-state index in [1.165, 1.54) is 0 Å². The Hall–Kier alpha value is -2.74. The van der Waals surface area contributed by atoms with Crippen LogP contribution in [0, 0.1) is 0 Å². The summed E-state index contributed by atoms with van der Waals surface area (Å²) in [7, 11) is 0. The molecule has 0 aliphatic carbocycles. The maximum absolute atomic E-state index is 12.7. The minimum atomic E-state index is -0.944. The number of hydrogen-bond acceptors (Lipinski definition) is 6. The number of piperidine rings is 1. The zero-order valence-electron chi connectivity index (χ0n) is 14.6. The minimum absolute atomic E-state index is 0.106. The number of carbonyl (C=O) groups is 4. The summed E-state index contributed by atoms with van der Waals surface area (Å²) in [6.07, 6.45) is 2.04. The number of imide groups is 2. The maximum atomic E-state index is 12.7. The molecule has 1 fully saturated rings. The molecule has 138 valence electrons. The van der Waals surface area contributed by atoms with E-state index in [9.17, 15) is 19.2 Å². The van der Waals surface area contributed by atoms with E-state index in [0.29, 0.717) is 6.54 Å². The summed E-state index contributed by atoms with van der Waals surface area (Å²) in [4.78, 5) is 49.7. The van der Waals surface area contributed by atoms with Crippen LogP contribution in [-0.2, 0) is 9.59 Å². The molecule has 26 heavy (non-hydrogen) atoms. The molecule has 2 heterocycles. The van der Waals surface area contributed by atoms with Crippen LogP contribution in [0.3, 0.4) is 0 Å². The van der Waals surface area contributed by atoms with Crippen LogP contribution in [0.25, 0.3) is 0 Å². The van der Waals surface area contributed by atoms with E-state index in [1.54, 1.807) is 18.2 Å². The van der Waals surface area contributed by atoms with Gasteiger partial charge in [0, 0.05) is 18.2 Å². The Labute approximate surface area is 151 Å². The van der Waals surface area contributed by atoms with Gasteiger partial charge in [-0.3, -0.25) is 29.4 Å². The molecule has 2 atom stereocenters. The quantitative estimate of drug-likeness (QED) is 0.641. The summed E-state index contributed by atoms with van der Waals surface area (Å²) < 4.78 is 0. The fourth-order valence-electron chi connectivity index (χ4n) is 3.34. The molecule has 0 spiro atoms. The second kappa shape index (κ2) is 7.25. The van der Waals surface area contributed by atoms with Gasteiger partial charge in [0.15, 0.2) is 0 Å². The Balaban J connectivity index is 1.79. The molecule has 4 N–H and O–H groups in total. The minimum Gasteiger partial charge on any atom is -0.383 e. The molecule has 3 rings (SSSR count). The van der Waals surface area contributed by atoms with Crippen molar-refractivity contribution in [3.8, 4) is 0 Å². The lowest BCUT2D eigenvalue weighted by atomic mass is 10.0. The molecule has 2 aliphatic rings. The third kappa shape index (κ3) is 3.32. The summed E-state index contributed by atoms with van der Waals surface area (Å²) >= 11 is 0. The topological polar surface area (TPSA) is 122 Å². The van der Waals surface area contributed by atoms with Gasteiger partial charge in [0.1, 0.15) is 6.04 Å². The molecular formula is C18H22N4O4. The Morgan fingerprint density at radius 2 is 1.96 bits per heavy atom. The first-order valence-electron chi connectivity index (χ1n) is 8.74. The van der Waals surface area contributed by atoms with E-state index in [1.807, 2.05) is 6.92 Å². The van der Waals surface area contributed by atoms with Gasteiger partial charge in [-0.2, -0.15) is 0 Å². The van der Waals surface area contributed by atoms with Gasteiger partial charge in [0.25, 0.3) is 11.8 Å². The summed E-state index contributed by atoms with van der Waals surface area (Å²) in [5, 5.41) is 5.47. The Morgan fingerprint density at radius 3 is 2.65 bits per heavy atom. The van der Waals surface area contributed by atoms with Crippen molar-refractivity contribution in [1.82, 2.24) is 10.2 Å². The molecule has 8 heteroatoms. The van der Waals surface area contributed by atoms with Crippen LogP contribution in [-0.4, -0.2) is 47.2 Å². The van der Waals surface area contributed by atoms with Crippen LogP contribution < -0.4 is 16.4 Å². The Morgan fingerprint density at radius 1 is 1.23 bits per heavy atom. The fourth-order valence-corrected chi connectivity index (χ4v) is 3.34. The van der Waals surface area contributed by atoms with Gasteiger partial charge < -0.3 is 11.1 Å². The highest BCUT2D eigenvalue weighted by molar-refractivity contribution is 6.23. The van der Waals surface area contributed by atoms with Crippen molar-refractivity contribution in [1.29, 1.82) is 0 Å². The normalized spacial score (nSPS) is 20.8. The van der Waals surface area contributed by atoms with Gasteiger partial charge in [-0.25, -0.2) is 0 Å². The van der Waals surface area contributed by atoms with Gasteiger partial charge in [0.2, 0.25) is 11.8 Å². The van der Waals surface area contributed by atoms with E-state index in [4.69, 9.17) is 5.73 Å². The number of hydrogen-bond donors (Lipinski definition) is 3. The average molecular weight is 358 g/mol. The number of anilines is 1. The van der Waals surface area contributed by atoms with E-state index in [2.05, 4.69) is 10.6 Å². The number of fused-ring (bicyclic) bond motifs is 1. The van der Waals surface area contributed by atoms with Gasteiger partial charge in [-0.15, -0.1) is 0 Å².